The first-order chi connectivity index (χ1) is 8.78. The maximum absolute atomic E-state index is 6.22. The number of hydrogen-bond donors (Lipinski definition) is 0. The van der Waals surface area contributed by atoms with Crippen molar-refractivity contribution in [3.63, 3.8) is 0 Å². The molecule has 3 rings (SSSR count). The average Bonchev–Trinajstić information content (AvgIpc) is 2.85. The van der Waals surface area contributed by atoms with Crippen LogP contribution >= 0.6 is 11.6 Å². The maximum Gasteiger partial charge on any atom is 0.153 e. The Balaban J connectivity index is 2.13. The molecule has 18 heavy (non-hydrogen) atoms. The molecule has 0 radical (unpaired) electrons. The van der Waals surface area contributed by atoms with Crippen molar-refractivity contribution in [3.05, 3.63) is 47.7 Å². The molecule has 0 unspecified atom stereocenters. The highest BCUT2D eigenvalue weighted by Crippen LogP contribution is 2.29. The molecule has 2 heterocycles. The molecule has 1 aromatic carbocycles. The molecule has 2 aromatic heterocycles. The fourth-order valence-electron chi connectivity index (χ4n) is 1.79. The van der Waals surface area contributed by atoms with Crippen LogP contribution in [0.2, 0.25) is 5.02 Å². The second-order valence-electron chi connectivity index (χ2n) is 3.79. The molecule has 0 aliphatic heterocycles. The van der Waals surface area contributed by atoms with Gasteiger partial charge in [-0.15, -0.1) is 0 Å². The SMILES string of the molecule is COc1ccc(-c2ccc3nccn3n2)c(Cl)c1. The first-order valence-electron chi connectivity index (χ1n) is 5.42. The van der Waals surface area contributed by atoms with Gasteiger partial charge in [-0.3, -0.25) is 0 Å². The number of ether oxygens (including phenoxy) is 1. The minimum Gasteiger partial charge on any atom is -0.497 e. The standard InChI is InChI=1S/C13H10ClN3O/c1-18-9-2-3-10(11(14)8-9)12-4-5-13-15-6-7-17(13)16-12/h2-8H,1H3. The van der Waals surface area contributed by atoms with E-state index < -0.39 is 0 Å². The zero-order valence-corrected chi connectivity index (χ0v) is 10.4. The van der Waals surface area contributed by atoms with Gasteiger partial charge in [-0.1, -0.05) is 11.6 Å². The van der Waals surface area contributed by atoms with E-state index in [0.717, 1.165) is 22.7 Å². The molecule has 4 nitrogen and oxygen atoms in total. The van der Waals surface area contributed by atoms with Crippen LogP contribution in [0.15, 0.2) is 42.7 Å². The van der Waals surface area contributed by atoms with E-state index in [0.29, 0.717) is 5.02 Å². The van der Waals surface area contributed by atoms with Crippen molar-refractivity contribution >= 4 is 17.2 Å². The minimum absolute atomic E-state index is 0.612. The molecule has 0 aliphatic rings. The van der Waals surface area contributed by atoms with E-state index in [2.05, 4.69) is 10.1 Å². The first kappa shape index (κ1) is 11.0. The fraction of sp³-hybridized carbons (Fsp3) is 0.0769. The molecule has 0 amide bonds. The van der Waals surface area contributed by atoms with Gasteiger partial charge in [0.1, 0.15) is 5.75 Å². The Labute approximate surface area is 109 Å². The van der Waals surface area contributed by atoms with Gasteiger partial charge in [-0.25, -0.2) is 9.50 Å². The summed E-state index contributed by atoms with van der Waals surface area (Å²) in [5, 5.41) is 5.06. The average molecular weight is 260 g/mol. The van der Waals surface area contributed by atoms with Gasteiger partial charge in [0, 0.05) is 18.0 Å². The second kappa shape index (κ2) is 4.31. The van der Waals surface area contributed by atoms with E-state index in [1.807, 2.05) is 24.3 Å². The van der Waals surface area contributed by atoms with Crippen LogP contribution < -0.4 is 4.74 Å². The Morgan fingerprint density at radius 3 is 2.89 bits per heavy atom. The first-order valence-corrected chi connectivity index (χ1v) is 5.80. The van der Waals surface area contributed by atoms with E-state index in [1.165, 1.54) is 0 Å². The van der Waals surface area contributed by atoms with Crippen molar-refractivity contribution in [2.75, 3.05) is 7.11 Å². The predicted molar refractivity (Wildman–Crippen MR) is 70.0 cm³/mol. The lowest BCUT2D eigenvalue weighted by Crippen LogP contribution is -1.94. The lowest BCUT2D eigenvalue weighted by atomic mass is 10.1. The topological polar surface area (TPSA) is 39.4 Å². The maximum atomic E-state index is 6.22. The lowest BCUT2D eigenvalue weighted by Gasteiger charge is -2.06. The number of halogens is 1. The number of rotatable bonds is 2. The van der Waals surface area contributed by atoms with Crippen LogP contribution in [0.5, 0.6) is 5.75 Å². The van der Waals surface area contributed by atoms with E-state index in [-0.39, 0.29) is 0 Å². The Morgan fingerprint density at radius 1 is 1.22 bits per heavy atom. The Bertz CT molecular complexity index is 708. The van der Waals surface area contributed by atoms with Crippen molar-refractivity contribution in [2.45, 2.75) is 0 Å². The van der Waals surface area contributed by atoms with Gasteiger partial charge in [0.05, 0.1) is 17.8 Å². The van der Waals surface area contributed by atoms with Crippen LogP contribution in [0, 0.1) is 0 Å². The summed E-state index contributed by atoms with van der Waals surface area (Å²) in [7, 11) is 1.61. The molecular formula is C13H10ClN3O. The molecule has 0 saturated carbocycles. The Kier molecular flexibility index (Phi) is 2.64. The van der Waals surface area contributed by atoms with Crippen molar-refractivity contribution in [3.8, 4) is 17.0 Å². The van der Waals surface area contributed by atoms with E-state index in [4.69, 9.17) is 16.3 Å². The number of benzene rings is 1. The van der Waals surface area contributed by atoms with Crippen LogP contribution in [0.1, 0.15) is 0 Å². The van der Waals surface area contributed by atoms with Gasteiger partial charge in [-0.05, 0) is 30.3 Å². The predicted octanol–water partition coefficient (Wildman–Crippen LogP) is 3.06. The van der Waals surface area contributed by atoms with Crippen molar-refractivity contribution < 1.29 is 4.74 Å². The van der Waals surface area contributed by atoms with Crippen molar-refractivity contribution in [2.24, 2.45) is 0 Å². The van der Waals surface area contributed by atoms with Gasteiger partial charge in [0.15, 0.2) is 5.65 Å². The monoisotopic (exact) mass is 259 g/mol. The second-order valence-corrected chi connectivity index (χ2v) is 4.20. The number of methoxy groups -OCH3 is 1. The van der Waals surface area contributed by atoms with Crippen LogP contribution in [0.3, 0.4) is 0 Å². The highest BCUT2D eigenvalue weighted by Gasteiger charge is 2.07. The fourth-order valence-corrected chi connectivity index (χ4v) is 2.06. The minimum atomic E-state index is 0.612. The summed E-state index contributed by atoms with van der Waals surface area (Å²) < 4.78 is 6.84. The third-order valence-corrected chi connectivity index (χ3v) is 3.02. The highest BCUT2D eigenvalue weighted by atomic mass is 35.5. The molecule has 0 atom stereocenters. The lowest BCUT2D eigenvalue weighted by molar-refractivity contribution is 0.415. The van der Waals surface area contributed by atoms with E-state index >= 15 is 0 Å². The Morgan fingerprint density at radius 2 is 2.11 bits per heavy atom. The van der Waals surface area contributed by atoms with Gasteiger partial charge >= 0.3 is 0 Å². The number of hydrogen-bond acceptors (Lipinski definition) is 3. The normalized spacial score (nSPS) is 10.8. The molecule has 0 N–H and O–H groups in total. The van der Waals surface area contributed by atoms with Crippen LogP contribution in [-0.2, 0) is 0 Å². The summed E-state index contributed by atoms with van der Waals surface area (Å²) in [6.07, 6.45) is 3.51. The quantitative estimate of drug-likeness (QED) is 0.710. The van der Waals surface area contributed by atoms with Gasteiger partial charge < -0.3 is 4.74 Å². The van der Waals surface area contributed by atoms with Gasteiger partial charge in [-0.2, -0.15) is 5.10 Å². The zero-order chi connectivity index (χ0) is 12.5. The smallest absolute Gasteiger partial charge is 0.153 e. The number of nitrogens with zero attached hydrogens (tertiary/aromatic N) is 3. The third kappa shape index (κ3) is 1.80. The molecule has 0 aliphatic carbocycles. The zero-order valence-electron chi connectivity index (χ0n) is 9.67. The summed E-state index contributed by atoms with van der Waals surface area (Å²) in [5.74, 6) is 0.729. The molecule has 5 heteroatoms. The van der Waals surface area contributed by atoms with Crippen LogP contribution in [-0.4, -0.2) is 21.7 Å². The van der Waals surface area contributed by atoms with Crippen molar-refractivity contribution in [1.82, 2.24) is 14.6 Å². The van der Waals surface area contributed by atoms with Gasteiger partial charge in [0.2, 0.25) is 0 Å². The Hall–Kier alpha value is -2.07. The van der Waals surface area contributed by atoms with Crippen LogP contribution in [0.25, 0.3) is 16.9 Å². The number of fused-ring (bicyclic) bond motifs is 1. The molecule has 0 fully saturated rings. The van der Waals surface area contributed by atoms with Gasteiger partial charge in [0.25, 0.3) is 0 Å². The molecule has 0 spiro atoms. The molecular weight excluding hydrogens is 250 g/mol. The molecule has 3 aromatic rings. The van der Waals surface area contributed by atoms with E-state index in [1.54, 1.807) is 30.1 Å². The summed E-state index contributed by atoms with van der Waals surface area (Å²) in [6, 6.07) is 9.34. The number of imidazole rings is 1. The largest absolute Gasteiger partial charge is 0.497 e. The summed E-state index contributed by atoms with van der Waals surface area (Å²) >= 11 is 6.22. The summed E-state index contributed by atoms with van der Waals surface area (Å²) in [6.45, 7) is 0. The van der Waals surface area contributed by atoms with Crippen LogP contribution in [0.4, 0.5) is 0 Å². The number of aromatic nitrogens is 3. The summed E-state index contributed by atoms with van der Waals surface area (Å²) in [4.78, 5) is 4.15. The van der Waals surface area contributed by atoms with Crippen molar-refractivity contribution in [1.29, 1.82) is 0 Å². The van der Waals surface area contributed by atoms with E-state index in [9.17, 15) is 0 Å². The highest BCUT2D eigenvalue weighted by molar-refractivity contribution is 6.33. The molecule has 0 saturated heterocycles. The molecule has 0 bridgehead atoms. The molecule has 90 valence electrons. The summed E-state index contributed by atoms with van der Waals surface area (Å²) in [5.41, 5.74) is 2.48. The third-order valence-electron chi connectivity index (χ3n) is 2.71.